The number of carbonyl (C=O) groups excluding carboxylic acids is 2. The van der Waals surface area contributed by atoms with Crippen LogP contribution in [0.15, 0.2) is 79.0 Å². The molecular formula is C35H29F4N5O5. The van der Waals surface area contributed by atoms with Gasteiger partial charge in [0.25, 0.3) is 11.8 Å². The summed E-state index contributed by atoms with van der Waals surface area (Å²) in [5, 5.41) is 3.21. The van der Waals surface area contributed by atoms with Crippen LogP contribution in [0.5, 0.6) is 23.1 Å². The first kappa shape index (κ1) is 31.9. The molecule has 0 radical (unpaired) electrons. The van der Waals surface area contributed by atoms with Gasteiger partial charge in [-0.05, 0) is 66.2 Å². The van der Waals surface area contributed by atoms with Crippen LogP contribution in [0.4, 0.5) is 23.2 Å². The number of piperazine rings is 1. The molecule has 7 rings (SSSR count). The van der Waals surface area contributed by atoms with Crippen molar-refractivity contribution < 1.29 is 41.4 Å². The number of fused-ring (bicyclic) bond motifs is 2. The molecule has 0 aliphatic carbocycles. The van der Waals surface area contributed by atoms with Crippen LogP contribution >= 0.6 is 0 Å². The Balaban J connectivity index is 0.959. The minimum Gasteiger partial charge on any atom is -0.454 e. The van der Waals surface area contributed by atoms with E-state index in [1.807, 2.05) is 46.8 Å². The van der Waals surface area contributed by atoms with Gasteiger partial charge in [-0.2, -0.15) is 13.2 Å². The van der Waals surface area contributed by atoms with E-state index in [0.29, 0.717) is 30.6 Å². The molecule has 4 heterocycles. The zero-order valence-electron chi connectivity index (χ0n) is 26.1. The molecule has 1 N–H and O–H groups in total. The van der Waals surface area contributed by atoms with Gasteiger partial charge in [-0.25, -0.2) is 9.37 Å². The number of aryl methyl sites for hydroxylation is 1. The van der Waals surface area contributed by atoms with Crippen molar-refractivity contribution in [1.82, 2.24) is 19.4 Å². The molecule has 252 valence electrons. The zero-order valence-corrected chi connectivity index (χ0v) is 26.1. The number of hydrogen-bond acceptors (Lipinski definition) is 7. The second-order valence-corrected chi connectivity index (χ2v) is 11.7. The van der Waals surface area contributed by atoms with E-state index in [-0.39, 0.29) is 30.3 Å². The number of anilines is 1. The van der Waals surface area contributed by atoms with Crippen LogP contribution in [0.2, 0.25) is 0 Å². The number of carbonyl (C=O) groups is 2. The van der Waals surface area contributed by atoms with Gasteiger partial charge in [-0.1, -0.05) is 6.07 Å². The Hall–Kier alpha value is -5.63. The zero-order chi connectivity index (χ0) is 34.3. The minimum atomic E-state index is -4.73. The first-order valence-corrected chi connectivity index (χ1v) is 15.3. The van der Waals surface area contributed by atoms with E-state index in [1.165, 1.54) is 18.3 Å². The molecule has 0 unspecified atom stereocenters. The molecule has 2 aliphatic rings. The predicted molar refractivity (Wildman–Crippen MR) is 170 cm³/mol. The number of halogens is 4. The van der Waals surface area contributed by atoms with Crippen LogP contribution in [-0.4, -0.2) is 64.1 Å². The molecule has 2 aliphatic heterocycles. The molecule has 10 nitrogen and oxygen atoms in total. The van der Waals surface area contributed by atoms with Crippen molar-refractivity contribution in [1.29, 1.82) is 0 Å². The monoisotopic (exact) mass is 675 g/mol. The van der Waals surface area contributed by atoms with Crippen molar-refractivity contribution in [2.45, 2.75) is 12.7 Å². The summed E-state index contributed by atoms with van der Waals surface area (Å²) < 4.78 is 71.3. The van der Waals surface area contributed by atoms with Gasteiger partial charge in [0, 0.05) is 56.7 Å². The van der Waals surface area contributed by atoms with E-state index in [2.05, 4.69) is 15.2 Å². The number of rotatable bonds is 7. The molecule has 0 saturated carbocycles. The number of ether oxygens (including phenoxy) is 3. The van der Waals surface area contributed by atoms with Crippen LogP contribution in [0.25, 0.3) is 10.9 Å². The maximum Gasteiger partial charge on any atom is 0.416 e. The summed E-state index contributed by atoms with van der Waals surface area (Å²) in [6.45, 7) is 3.67. The number of amides is 2. The highest BCUT2D eigenvalue weighted by molar-refractivity contribution is 6.04. The highest BCUT2D eigenvalue weighted by atomic mass is 19.4. The van der Waals surface area contributed by atoms with E-state index >= 15 is 0 Å². The maximum atomic E-state index is 14.2. The van der Waals surface area contributed by atoms with Crippen molar-refractivity contribution >= 4 is 28.4 Å². The summed E-state index contributed by atoms with van der Waals surface area (Å²) in [6.07, 6.45) is -3.45. The van der Waals surface area contributed by atoms with Crippen molar-refractivity contribution in [2.75, 3.05) is 38.3 Å². The Morgan fingerprint density at radius 1 is 0.918 bits per heavy atom. The average molecular weight is 676 g/mol. The number of nitrogens with one attached hydrogen (secondary N) is 1. The molecule has 3 aromatic carbocycles. The number of nitrogens with zero attached hydrogens (tertiary/aromatic N) is 4. The lowest BCUT2D eigenvalue weighted by Crippen LogP contribution is -2.48. The Morgan fingerprint density at radius 3 is 2.45 bits per heavy atom. The smallest absolute Gasteiger partial charge is 0.416 e. The summed E-state index contributed by atoms with van der Waals surface area (Å²) >= 11 is 0. The van der Waals surface area contributed by atoms with E-state index in [1.54, 1.807) is 12.1 Å². The lowest BCUT2D eigenvalue weighted by atomic mass is 10.1. The molecule has 0 atom stereocenters. The largest absolute Gasteiger partial charge is 0.454 e. The Kier molecular flexibility index (Phi) is 8.32. The van der Waals surface area contributed by atoms with Gasteiger partial charge in [0.2, 0.25) is 12.7 Å². The van der Waals surface area contributed by atoms with Gasteiger partial charge in [0.15, 0.2) is 11.5 Å². The Morgan fingerprint density at radius 2 is 1.71 bits per heavy atom. The third-order valence-corrected chi connectivity index (χ3v) is 8.49. The quantitative estimate of drug-likeness (QED) is 0.198. The second kappa shape index (κ2) is 12.8. The summed E-state index contributed by atoms with van der Waals surface area (Å²) in [5.74, 6) is -0.105. The molecule has 14 heteroatoms. The van der Waals surface area contributed by atoms with Crippen LogP contribution in [0.3, 0.4) is 0 Å². The van der Waals surface area contributed by atoms with Crippen LogP contribution < -0.4 is 19.5 Å². The van der Waals surface area contributed by atoms with Gasteiger partial charge in [-0.15, -0.1) is 0 Å². The van der Waals surface area contributed by atoms with Gasteiger partial charge in [0.1, 0.15) is 17.3 Å². The number of hydrogen-bond donors (Lipinski definition) is 1. The normalized spacial score (nSPS) is 14.7. The van der Waals surface area contributed by atoms with Gasteiger partial charge in [0.05, 0.1) is 23.0 Å². The second-order valence-electron chi connectivity index (χ2n) is 11.7. The summed E-state index contributed by atoms with van der Waals surface area (Å²) in [7, 11) is 1.84. The van der Waals surface area contributed by atoms with Crippen molar-refractivity contribution in [3.63, 3.8) is 0 Å². The standard InChI is InChI=1S/C35H29F4N5O5/c1-42-28-7-5-25(49-32-9-4-24(18-40-32)41-33(45)26-6-3-23(17-27(26)36)35(37,38)39)15-22(28)16-29(42)34(46)44-12-10-43(11-13-44)19-21-2-8-30-31(14-21)48-20-47-30/h2-9,14-18H,10-13,19-20H2,1H3,(H,41,45). The Labute approximate surface area is 277 Å². The predicted octanol–water partition coefficient (Wildman–Crippen LogP) is 6.46. The number of benzene rings is 3. The van der Waals surface area contributed by atoms with E-state index in [4.69, 9.17) is 14.2 Å². The summed E-state index contributed by atoms with van der Waals surface area (Å²) in [6, 6.07) is 17.8. The lowest BCUT2D eigenvalue weighted by Gasteiger charge is -2.34. The molecule has 2 amide bonds. The minimum absolute atomic E-state index is 0.0561. The molecular weight excluding hydrogens is 646 g/mol. The lowest BCUT2D eigenvalue weighted by molar-refractivity contribution is -0.137. The Bertz CT molecular complexity index is 2060. The molecule has 2 aromatic heterocycles. The highest BCUT2D eigenvalue weighted by Crippen LogP contribution is 2.34. The van der Waals surface area contributed by atoms with Crippen molar-refractivity contribution in [2.24, 2.45) is 7.05 Å². The van der Waals surface area contributed by atoms with Crippen LogP contribution in [0.1, 0.15) is 32.0 Å². The number of alkyl halides is 3. The highest BCUT2D eigenvalue weighted by Gasteiger charge is 2.32. The molecule has 49 heavy (non-hydrogen) atoms. The van der Waals surface area contributed by atoms with E-state index in [0.717, 1.165) is 53.7 Å². The molecule has 5 aromatic rings. The SMILES string of the molecule is Cn1c(C(=O)N2CCN(Cc3ccc4c(c3)OCO4)CC2)cc2cc(Oc3ccc(NC(=O)c4ccc(C(F)(F)F)cc4F)cn3)ccc21. The fourth-order valence-electron chi connectivity index (χ4n) is 5.87. The third kappa shape index (κ3) is 6.72. The first-order chi connectivity index (χ1) is 23.5. The number of aromatic nitrogens is 2. The van der Waals surface area contributed by atoms with Gasteiger partial charge in [-0.3, -0.25) is 14.5 Å². The van der Waals surface area contributed by atoms with E-state index < -0.39 is 29.0 Å². The molecule has 0 bridgehead atoms. The molecule has 1 fully saturated rings. The van der Waals surface area contributed by atoms with E-state index in [9.17, 15) is 27.2 Å². The summed E-state index contributed by atoms with van der Waals surface area (Å²) in [5.41, 5.74) is 0.985. The first-order valence-electron chi connectivity index (χ1n) is 15.3. The maximum absolute atomic E-state index is 14.2. The fraction of sp³-hybridized carbons (Fsp3) is 0.229. The van der Waals surface area contributed by atoms with Crippen molar-refractivity contribution in [3.05, 3.63) is 107 Å². The fourth-order valence-corrected chi connectivity index (χ4v) is 5.87. The molecule has 1 saturated heterocycles. The van der Waals surface area contributed by atoms with Crippen LogP contribution in [0, 0.1) is 5.82 Å². The topological polar surface area (TPSA) is 98.2 Å². The average Bonchev–Trinajstić information content (AvgIpc) is 3.68. The van der Waals surface area contributed by atoms with Crippen LogP contribution in [-0.2, 0) is 19.8 Å². The number of pyridine rings is 1. The molecule has 0 spiro atoms. The summed E-state index contributed by atoms with van der Waals surface area (Å²) in [4.78, 5) is 34.3. The van der Waals surface area contributed by atoms with Gasteiger partial charge < -0.3 is 29.0 Å². The van der Waals surface area contributed by atoms with Gasteiger partial charge >= 0.3 is 6.18 Å². The van der Waals surface area contributed by atoms with Crippen molar-refractivity contribution in [3.8, 4) is 23.1 Å². The third-order valence-electron chi connectivity index (χ3n) is 8.49.